The summed E-state index contributed by atoms with van der Waals surface area (Å²) < 4.78 is 37.1. The summed E-state index contributed by atoms with van der Waals surface area (Å²) in [5, 5.41) is 2.14. The number of hydrogen-bond acceptors (Lipinski definition) is 9. The number of methoxy groups -OCH3 is 2. The van der Waals surface area contributed by atoms with Crippen LogP contribution < -0.4 is 19.5 Å². The number of urea groups is 1. The van der Waals surface area contributed by atoms with E-state index in [1.807, 2.05) is 0 Å². The van der Waals surface area contributed by atoms with Crippen molar-refractivity contribution in [3.8, 4) is 11.8 Å². The number of hydrogen-bond donors (Lipinski definition) is 2. The number of benzene rings is 1. The van der Waals surface area contributed by atoms with Crippen LogP contribution in [0.25, 0.3) is 0 Å². The maximum atomic E-state index is 12.7. The van der Waals surface area contributed by atoms with Crippen LogP contribution in [0.1, 0.15) is 20.7 Å². The molecule has 0 bridgehead atoms. The van der Waals surface area contributed by atoms with Gasteiger partial charge in [-0.25, -0.2) is 17.9 Å². The van der Waals surface area contributed by atoms with E-state index in [1.54, 1.807) is 4.72 Å². The van der Waals surface area contributed by atoms with E-state index in [-0.39, 0.29) is 28.8 Å². The van der Waals surface area contributed by atoms with E-state index in [0.717, 1.165) is 11.0 Å². The van der Waals surface area contributed by atoms with Crippen molar-refractivity contribution in [3.63, 3.8) is 0 Å². The average Bonchev–Trinajstić information content (AvgIpc) is 2.71. The third-order valence-corrected chi connectivity index (χ3v) is 4.99. The molecule has 1 heterocycles. The van der Waals surface area contributed by atoms with E-state index >= 15 is 0 Å². The Morgan fingerprint density at radius 2 is 1.67 bits per heavy atom. The first-order valence-electron chi connectivity index (χ1n) is 8.23. The summed E-state index contributed by atoms with van der Waals surface area (Å²) in [6, 6.07) is 3.62. The number of anilines is 1. The first kappa shape index (κ1) is 22.5. The second kappa shape index (κ2) is 9.17. The molecule has 1 aromatic carbocycles. The van der Waals surface area contributed by atoms with Gasteiger partial charge in [-0.1, -0.05) is 6.07 Å². The minimum absolute atomic E-state index is 0.00644. The van der Waals surface area contributed by atoms with E-state index in [9.17, 15) is 22.8 Å². The van der Waals surface area contributed by atoms with Gasteiger partial charge in [0.1, 0.15) is 11.2 Å². The van der Waals surface area contributed by atoms with E-state index in [1.165, 1.54) is 46.5 Å². The SMILES string of the molecule is COc1cc(OC)nc(NC(=O)NS(=O)(=O)c2cc(C=O)ccc2C(=O)N(C)C)n1. The molecule has 1 aromatic heterocycles. The molecule has 0 spiro atoms. The molecular formula is C17H19N5O7S. The van der Waals surface area contributed by atoms with Gasteiger partial charge < -0.3 is 14.4 Å². The first-order valence-corrected chi connectivity index (χ1v) is 9.71. The van der Waals surface area contributed by atoms with Crippen LogP contribution in [0.2, 0.25) is 0 Å². The minimum Gasteiger partial charge on any atom is -0.481 e. The standard InChI is InChI=1S/C17H19N5O7S/c1-22(2)15(24)11-6-5-10(9-23)7-12(11)30(26,27)21-17(25)20-16-18-13(28-3)8-14(19-16)29-4/h5-9H,1-4H3,(H2,18,19,20,21,25). The molecule has 0 unspecified atom stereocenters. The zero-order valence-electron chi connectivity index (χ0n) is 16.5. The van der Waals surface area contributed by atoms with Crippen molar-refractivity contribution >= 4 is 34.2 Å². The Morgan fingerprint density at radius 3 is 2.17 bits per heavy atom. The van der Waals surface area contributed by atoms with Gasteiger partial charge in [0.2, 0.25) is 17.7 Å². The summed E-state index contributed by atoms with van der Waals surface area (Å²) >= 11 is 0. The summed E-state index contributed by atoms with van der Waals surface area (Å²) in [5.74, 6) is -0.783. The van der Waals surface area contributed by atoms with Gasteiger partial charge in [0.15, 0.2) is 0 Å². The Bertz CT molecular complexity index is 1060. The third kappa shape index (κ3) is 5.20. The lowest BCUT2D eigenvalue weighted by molar-refractivity contribution is 0.0823. The normalized spacial score (nSPS) is 10.7. The number of amides is 3. The van der Waals surface area contributed by atoms with E-state index in [2.05, 4.69) is 15.3 Å². The van der Waals surface area contributed by atoms with Crippen LogP contribution in [0, 0.1) is 0 Å². The number of nitrogens with one attached hydrogen (secondary N) is 2. The molecule has 3 amide bonds. The Labute approximate surface area is 172 Å². The fraction of sp³-hybridized carbons (Fsp3) is 0.235. The molecule has 0 fully saturated rings. The molecule has 0 saturated carbocycles. The quantitative estimate of drug-likeness (QED) is 0.589. The lowest BCUT2D eigenvalue weighted by Crippen LogP contribution is -2.36. The highest BCUT2D eigenvalue weighted by molar-refractivity contribution is 7.90. The zero-order chi connectivity index (χ0) is 22.5. The minimum atomic E-state index is -4.54. The van der Waals surface area contributed by atoms with Gasteiger partial charge in [-0.05, 0) is 12.1 Å². The highest BCUT2D eigenvalue weighted by Gasteiger charge is 2.26. The number of ether oxygens (including phenoxy) is 2. The van der Waals surface area contributed by atoms with Crippen LogP contribution in [0.15, 0.2) is 29.2 Å². The summed E-state index contributed by atoms with van der Waals surface area (Å²) in [5.41, 5.74) is -0.211. The molecule has 0 atom stereocenters. The first-order chi connectivity index (χ1) is 14.1. The van der Waals surface area contributed by atoms with Crippen molar-refractivity contribution in [1.29, 1.82) is 0 Å². The molecule has 160 valence electrons. The van der Waals surface area contributed by atoms with Crippen LogP contribution in [-0.2, 0) is 10.0 Å². The Hall–Kier alpha value is -3.74. The van der Waals surface area contributed by atoms with Crippen molar-refractivity contribution in [3.05, 3.63) is 35.4 Å². The summed E-state index contributed by atoms with van der Waals surface area (Å²) in [6.45, 7) is 0. The maximum Gasteiger partial charge on any atom is 0.335 e. The van der Waals surface area contributed by atoms with Crippen LogP contribution >= 0.6 is 0 Å². The molecule has 12 nitrogen and oxygen atoms in total. The second-order valence-corrected chi connectivity index (χ2v) is 7.56. The van der Waals surface area contributed by atoms with Crippen LogP contribution in [0.3, 0.4) is 0 Å². The van der Waals surface area contributed by atoms with Crippen LogP contribution in [0.5, 0.6) is 11.8 Å². The van der Waals surface area contributed by atoms with Gasteiger partial charge in [-0.3, -0.25) is 14.9 Å². The smallest absolute Gasteiger partial charge is 0.335 e. The highest BCUT2D eigenvalue weighted by Crippen LogP contribution is 2.20. The Balaban J connectivity index is 2.35. The number of carbonyl (C=O) groups is 3. The zero-order valence-corrected chi connectivity index (χ0v) is 17.3. The largest absolute Gasteiger partial charge is 0.481 e. The molecule has 0 saturated heterocycles. The van der Waals surface area contributed by atoms with E-state index in [0.29, 0.717) is 6.29 Å². The Kier molecular flexibility index (Phi) is 6.89. The van der Waals surface area contributed by atoms with Gasteiger partial charge in [-0.2, -0.15) is 9.97 Å². The number of aldehydes is 1. The predicted octanol–water partition coefficient (Wildman–Crippen LogP) is 0.519. The van der Waals surface area contributed by atoms with E-state index in [4.69, 9.17) is 9.47 Å². The number of sulfonamides is 1. The summed E-state index contributed by atoms with van der Waals surface area (Å²) in [6.07, 6.45) is 0.416. The Morgan fingerprint density at radius 1 is 1.07 bits per heavy atom. The molecule has 0 aliphatic rings. The molecule has 0 aliphatic heterocycles. The molecule has 2 rings (SSSR count). The van der Waals surface area contributed by atoms with Crippen LogP contribution in [-0.4, -0.2) is 69.8 Å². The van der Waals surface area contributed by atoms with Crippen molar-refractivity contribution in [2.24, 2.45) is 0 Å². The van der Waals surface area contributed by atoms with Gasteiger partial charge in [-0.15, -0.1) is 0 Å². The van der Waals surface area contributed by atoms with Crippen molar-refractivity contribution < 1.29 is 32.3 Å². The second-order valence-electron chi connectivity index (χ2n) is 5.91. The van der Waals surface area contributed by atoms with Gasteiger partial charge in [0.05, 0.1) is 25.8 Å². The van der Waals surface area contributed by atoms with Gasteiger partial charge in [0, 0.05) is 19.7 Å². The molecule has 2 N–H and O–H groups in total. The fourth-order valence-corrected chi connectivity index (χ4v) is 3.37. The molecule has 0 radical (unpaired) electrons. The molecule has 30 heavy (non-hydrogen) atoms. The van der Waals surface area contributed by atoms with Gasteiger partial charge in [0.25, 0.3) is 15.9 Å². The number of aromatic nitrogens is 2. The molecule has 0 aliphatic carbocycles. The van der Waals surface area contributed by atoms with Gasteiger partial charge >= 0.3 is 6.03 Å². The fourth-order valence-electron chi connectivity index (χ4n) is 2.23. The van der Waals surface area contributed by atoms with Crippen LogP contribution in [0.4, 0.5) is 10.7 Å². The summed E-state index contributed by atoms with van der Waals surface area (Å²) in [7, 11) is 0.987. The topological polar surface area (TPSA) is 157 Å². The van der Waals surface area contributed by atoms with Crippen molar-refractivity contribution in [2.75, 3.05) is 33.6 Å². The number of nitrogens with zero attached hydrogens (tertiary/aromatic N) is 3. The van der Waals surface area contributed by atoms with Crippen molar-refractivity contribution in [2.45, 2.75) is 4.90 Å². The third-order valence-electron chi connectivity index (χ3n) is 3.62. The molecule has 2 aromatic rings. The lowest BCUT2D eigenvalue weighted by Gasteiger charge is -2.15. The van der Waals surface area contributed by atoms with Crippen molar-refractivity contribution in [1.82, 2.24) is 19.6 Å². The molecule has 13 heteroatoms. The highest BCUT2D eigenvalue weighted by atomic mass is 32.2. The maximum absolute atomic E-state index is 12.7. The predicted molar refractivity (Wildman–Crippen MR) is 104 cm³/mol. The van der Waals surface area contributed by atoms with E-state index < -0.39 is 26.9 Å². The number of rotatable bonds is 7. The molecular weight excluding hydrogens is 418 g/mol. The monoisotopic (exact) mass is 437 g/mol. The lowest BCUT2D eigenvalue weighted by atomic mass is 10.1. The summed E-state index contributed by atoms with van der Waals surface area (Å²) in [4.78, 5) is 43.9. The number of carbonyl (C=O) groups excluding carboxylic acids is 3. The average molecular weight is 437 g/mol.